The fraction of sp³-hybridized carbons (Fsp3) is 0.364. The Morgan fingerprint density at radius 2 is 2.25 bits per heavy atom. The predicted molar refractivity (Wildman–Crippen MR) is 73.9 cm³/mol. The van der Waals surface area contributed by atoms with Crippen LogP contribution in [-0.4, -0.2) is 36.4 Å². The van der Waals surface area contributed by atoms with Crippen molar-refractivity contribution < 1.29 is 4.79 Å². The largest absolute Gasteiger partial charge is 0.399 e. The fourth-order valence-corrected chi connectivity index (χ4v) is 2.11. The lowest BCUT2D eigenvalue weighted by molar-refractivity contribution is 0.0803. The van der Waals surface area contributed by atoms with Gasteiger partial charge in [-0.15, -0.1) is 0 Å². The first kappa shape index (κ1) is 13.4. The first-order valence-electron chi connectivity index (χ1n) is 4.85. The summed E-state index contributed by atoms with van der Waals surface area (Å²) >= 11 is 5.08. The molecule has 0 saturated heterocycles. The lowest BCUT2D eigenvalue weighted by Gasteiger charge is -2.17. The number of halogens is 1. The highest BCUT2D eigenvalue weighted by Gasteiger charge is 2.14. The third-order valence-corrected chi connectivity index (χ3v) is 3.48. The molecule has 1 amide bonds. The summed E-state index contributed by atoms with van der Waals surface area (Å²) in [7, 11) is 1.80. The average molecular weight is 303 g/mol. The Balaban J connectivity index is 2.83. The molecule has 2 N–H and O–H groups in total. The van der Waals surface area contributed by atoms with Crippen LogP contribution in [0.2, 0.25) is 0 Å². The molecule has 3 nitrogen and oxygen atoms in total. The summed E-state index contributed by atoms with van der Waals surface area (Å²) in [4.78, 5) is 13.8. The van der Waals surface area contributed by atoms with E-state index in [4.69, 9.17) is 5.73 Å². The highest BCUT2D eigenvalue weighted by Crippen LogP contribution is 2.20. The molecule has 0 spiro atoms. The van der Waals surface area contributed by atoms with Gasteiger partial charge in [-0.3, -0.25) is 4.79 Å². The monoisotopic (exact) mass is 302 g/mol. The molecule has 0 unspecified atom stereocenters. The Kier molecular flexibility index (Phi) is 5.15. The SMILES string of the molecule is CSCCN(C)C(=O)c1cc(N)ccc1Br. The molecule has 16 heavy (non-hydrogen) atoms. The van der Waals surface area contributed by atoms with E-state index in [9.17, 15) is 4.79 Å². The Labute approximate surface area is 109 Å². The summed E-state index contributed by atoms with van der Waals surface area (Å²) in [6.07, 6.45) is 2.02. The molecule has 0 bridgehead atoms. The van der Waals surface area contributed by atoms with E-state index in [1.54, 1.807) is 41.9 Å². The topological polar surface area (TPSA) is 46.3 Å². The van der Waals surface area contributed by atoms with Crippen molar-refractivity contribution in [3.63, 3.8) is 0 Å². The summed E-state index contributed by atoms with van der Waals surface area (Å²) in [6.45, 7) is 0.737. The minimum atomic E-state index is -0.00627. The number of rotatable bonds is 4. The molecule has 88 valence electrons. The zero-order valence-corrected chi connectivity index (χ0v) is 11.8. The van der Waals surface area contributed by atoms with Crippen molar-refractivity contribution in [2.24, 2.45) is 0 Å². The predicted octanol–water partition coefficient (Wildman–Crippen LogP) is 2.47. The number of nitrogens with two attached hydrogens (primary N) is 1. The van der Waals surface area contributed by atoms with Crippen LogP contribution >= 0.6 is 27.7 Å². The van der Waals surface area contributed by atoms with Crippen LogP contribution in [0.3, 0.4) is 0 Å². The number of benzene rings is 1. The molecule has 0 aliphatic rings. The van der Waals surface area contributed by atoms with E-state index in [0.717, 1.165) is 16.8 Å². The maximum Gasteiger partial charge on any atom is 0.254 e. The molecule has 0 saturated carbocycles. The molecule has 1 rings (SSSR count). The van der Waals surface area contributed by atoms with Gasteiger partial charge in [-0.25, -0.2) is 0 Å². The van der Waals surface area contributed by atoms with E-state index in [1.807, 2.05) is 6.26 Å². The van der Waals surface area contributed by atoms with Gasteiger partial charge in [-0.1, -0.05) is 0 Å². The number of hydrogen-bond donors (Lipinski definition) is 1. The van der Waals surface area contributed by atoms with Gasteiger partial charge in [0.05, 0.1) is 5.56 Å². The Morgan fingerprint density at radius 3 is 2.88 bits per heavy atom. The first-order valence-corrected chi connectivity index (χ1v) is 7.04. The number of hydrogen-bond acceptors (Lipinski definition) is 3. The summed E-state index contributed by atoms with van der Waals surface area (Å²) in [5.74, 6) is 0.926. The van der Waals surface area contributed by atoms with Crippen LogP contribution in [0.1, 0.15) is 10.4 Å². The zero-order chi connectivity index (χ0) is 12.1. The van der Waals surface area contributed by atoms with Crippen molar-refractivity contribution in [3.8, 4) is 0 Å². The lowest BCUT2D eigenvalue weighted by atomic mass is 10.2. The molecule has 0 aliphatic heterocycles. The van der Waals surface area contributed by atoms with Crippen LogP contribution < -0.4 is 5.73 Å². The molecule has 0 heterocycles. The van der Waals surface area contributed by atoms with Gasteiger partial charge in [-0.05, 0) is 40.4 Å². The van der Waals surface area contributed by atoms with Crippen LogP contribution in [0, 0.1) is 0 Å². The van der Waals surface area contributed by atoms with Crippen LogP contribution in [-0.2, 0) is 0 Å². The van der Waals surface area contributed by atoms with E-state index >= 15 is 0 Å². The highest BCUT2D eigenvalue weighted by atomic mass is 79.9. The third kappa shape index (κ3) is 3.42. The third-order valence-electron chi connectivity index (χ3n) is 2.20. The minimum Gasteiger partial charge on any atom is -0.399 e. The Hall–Kier alpha value is -0.680. The van der Waals surface area contributed by atoms with Crippen LogP contribution in [0.15, 0.2) is 22.7 Å². The fourth-order valence-electron chi connectivity index (χ4n) is 1.24. The van der Waals surface area contributed by atoms with Crippen molar-refractivity contribution >= 4 is 39.3 Å². The van der Waals surface area contributed by atoms with Gasteiger partial charge in [0.2, 0.25) is 0 Å². The Morgan fingerprint density at radius 1 is 1.56 bits per heavy atom. The standard InChI is InChI=1S/C11H15BrN2OS/c1-14(5-6-16-2)11(15)9-7-8(13)3-4-10(9)12/h3-4,7H,5-6,13H2,1-2H3. The minimum absolute atomic E-state index is 0.00627. The van der Waals surface area contributed by atoms with Crippen molar-refractivity contribution in [1.29, 1.82) is 0 Å². The normalized spacial score (nSPS) is 10.2. The molecule has 1 aromatic rings. The summed E-state index contributed by atoms with van der Waals surface area (Å²) in [6, 6.07) is 5.26. The molecule has 0 aliphatic carbocycles. The van der Waals surface area contributed by atoms with Gasteiger partial charge in [0.1, 0.15) is 0 Å². The van der Waals surface area contributed by atoms with E-state index in [1.165, 1.54) is 0 Å². The van der Waals surface area contributed by atoms with E-state index in [2.05, 4.69) is 15.9 Å². The van der Waals surface area contributed by atoms with Gasteiger partial charge in [-0.2, -0.15) is 11.8 Å². The van der Waals surface area contributed by atoms with Gasteiger partial charge in [0.25, 0.3) is 5.91 Å². The summed E-state index contributed by atoms with van der Waals surface area (Å²) < 4.78 is 0.780. The number of carbonyl (C=O) groups is 1. The van der Waals surface area contributed by atoms with Gasteiger partial charge in [0, 0.05) is 29.5 Å². The average Bonchev–Trinajstić information content (AvgIpc) is 2.28. The van der Waals surface area contributed by atoms with Gasteiger partial charge < -0.3 is 10.6 Å². The molecule has 0 radical (unpaired) electrons. The van der Waals surface area contributed by atoms with E-state index in [-0.39, 0.29) is 5.91 Å². The van der Waals surface area contributed by atoms with Crippen molar-refractivity contribution in [2.75, 3.05) is 31.3 Å². The number of carbonyl (C=O) groups excluding carboxylic acids is 1. The Bertz CT molecular complexity index is 384. The number of amides is 1. The van der Waals surface area contributed by atoms with E-state index < -0.39 is 0 Å². The second-order valence-corrected chi connectivity index (χ2v) is 5.30. The molecular formula is C11H15BrN2OS. The molecule has 5 heteroatoms. The zero-order valence-electron chi connectivity index (χ0n) is 9.37. The maximum atomic E-state index is 12.1. The second kappa shape index (κ2) is 6.15. The molecule has 0 fully saturated rings. The molecular weight excluding hydrogens is 288 g/mol. The smallest absolute Gasteiger partial charge is 0.254 e. The lowest BCUT2D eigenvalue weighted by Crippen LogP contribution is -2.29. The number of nitrogen functional groups attached to an aromatic ring is 1. The van der Waals surface area contributed by atoms with Crippen LogP contribution in [0.4, 0.5) is 5.69 Å². The van der Waals surface area contributed by atoms with E-state index in [0.29, 0.717) is 11.3 Å². The summed E-state index contributed by atoms with van der Waals surface area (Å²) in [5, 5.41) is 0. The maximum absolute atomic E-state index is 12.1. The highest BCUT2D eigenvalue weighted by molar-refractivity contribution is 9.10. The van der Waals surface area contributed by atoms with Gasteiger partial charge >= 0.3 is 0 Å². The first-order chi connectivity index (χ1) is 7.56. The van der Waals surface area contributed by atoms with Crippen molar-refractivity contribution in [1.82, 2.24) is 4.90 Å². The van der Waals surface area contributed by atoms with Crippen molar-refractivity contribution in [2.45, 2.75) is 0 Å². The van der Waals surface area contributed by atoms with Crippen molar-refractivity contribution in [3.05, 3.63) is 28.2 Å². The van der Waals surface area contributed by atoms with Crippen LogP contribution in [0.25, 0.3) is 0 Å². The molecule has 1 aromatic carbocycles. The molecule has 0 aromatic heterocycles. The molecule has 0 atom stereocenters. The number of nitrogens with zero attached hydrogens (tertiary/aromatic N) is 1. The number of thioether (sulfide) groups is 1. The quantitative estimate of drug-likeness (QED) is 0.869. The van der Waals surface area contributed by atoms with Crippen LogP contribution in [0.5, 0.6) is 0 Å². The summed E-state index contributed by atoms with van der Waals surface area (Å²) in [5.41, 5.74) is 6.89. The second-order valence-electron chi connectivity index (χ2n) is 3.46. The number of anilines is 1. The van der Waals surface area contributed by atoms with Gasteiger partial charge in [0.15, 0.2) is 0 Å².